The molecule has 0 saturated carbocycles. The van der Waals surface area contributed by atoms with Crippen LogP contribution in [0.1, 0.15) is 20.3 Å². The van der Waals surface area contributed by atoms with Gasteiger partial charge in [0.05, 0.1) is 0 Å². The lowest BCUT2D eigenvalue weighted by Gasteiger charge is -1.88. The molecule has 0 atom stereocenters. The van der Waals surface area contributed by atoms with Crippen LogP contribution in [-0.4, -0.2) is 0 Å². The van der Waals surface area contributed by atoms with Crippen LogP contribution in [0, 0.1) is 12.8 Å². The van der Waals surface area contributed by atoms with E-state index < -0.39 is 0 Å². The SMILES string of the molecule is [CH2]CC=CC(C)C. The van der Waals surface area contributed by atoms with Crippen LogP contribution in [0.5, 0.6) is 0 Å². The topological polar surface area (TPSA) is 0 Å². The molecule has 0 aromatic heterocycles. The van der Waals surface area contributed by atoms with Crippen molar-refractivity contribution in [3.8, 4) is 0 Å². The summed E-state index contributed by atoms with van der Waals surface area (Å²) in [6.45, 7) is 7.99. The van der Waals surface area contributed by atoms with E-state index >= 15 is 0 Å². The highest BCUT2D eigenvalue weighted by atomic mass is 13.8. The summed E-state index contributed by atoms with van der Waals surface area (Å²) in [5, 5.41) is 0. The van der Waals surface area contributed by atoms with E-state index in [1.165, 1.54) is 0 Å². The van der Waals surface area contributed by atoms with Gasteiger partial charge in [0.15, 0.2) is 0 Å². The standard InChI is InChI=1S/C7H13/c1-4-5-6-7(2)3/h5-7H,1,4H2,2-3H3. The zero-order valence-corrected chi connectivity index (χ0v) is 5.15. The minimum absolute atomic E-state index is 0.682. The molecule has 0 amide bonds. The Morgan fingerprint density at radius 1 is 1.57 bits per heavy atom. The fourth-order valence-corrected chi connectivity index (χ4v) is 0.368. The summed E-state index contributed by atoms with van der Waals surface area (Å²) in [6, 6.07) is 0. The van der Waals surface area contributed by atoms with E-state index in [0.29, 0.717) is 5.92 Å². The first-order chi connectivity index (χ1) is 3.27. The molecule has 41 valence electrons. The summed E-state index contributed by atoms with van der Waals surface area (Å²) in [5.74, 6) is 0.682. The summed E-state index contributed by atoms with van der Waals surface area (Å²) in [5.41, 5.74) is 0. The highest BCUT2D eigenvalue weighted by Gasteiger charge is 1.78. The van der Waals surface area contributed by atoms with Crippen molar-refractivity contribution in [1.82, 2.24) is 0 Å². The van der Waals surface area contributed by atoms with Gasteiger partial charge in [0.2, 0.25) is 0 Å². The first kappa shape index (κ1) is 6.74. The van der Waals surface area contributed by atoms with Gasteiger partial charge in [-0.1, -0.05) is 26.0 Å². The first-order valence-corrected chi connectivity index (χ1v) is 2.73. The van der Waals surface area contributed by atoms with Crippen molar-refractivity contribution < 1.29 is 0 Å². The smallest absolute Gasteiger partial charge is 0.0290 e. The molecule has 0 unspecified atom stereocenters. The van der Waals surface area contributed by atoms with Crippen molar-refractivity contribution >= 4 is 0 Å². The lowest BCUT2D eigenvalue weighted by atomic mass is 10.2. The molecule has 0 aliphatic rings. The Morgan fingerprint density at radius 3 is 2.29 bits per heavy atom. The predicted octanol–water partition coefficient (Wildman–Crippen LogP) is 2.42. The van der Waals surface area contributed by atoms with Gasteiger partial charge in [-0.05, 0) is 19.3 Å². The fourth-order valence-electron chi connectivity index (χ4n) is 0.368. The fraction of sp³-hybridized carbons (Fsp3) is 0.571. The Morgan fingerprint density at radius 2 is 2.14 bits per heavy atom. The largest absolute Gasteiger partial charge is 0.0883 e. The number of allylic oxidation sites excluding steroid dienone is 2. The van der Waals surface area contributed by atoms with Crippen LogP contribution in [0.15, 0.2) is 12.2 Å². The van der Waals surface area contributed by atoms with E-state index in [1.54, 1.807) is 0 Å². The molecule has 0 aliphatic heterocycles. The van der Waals surface area contributed by atoms with Crippen LogP contribution in [0.2, 0.25) is 0 Å². The van der Waals surface area contributed by atoms with Crippen molar-refractivity contribution in [2.75, 3.05) is 0 Å². The average Bonchev–Trinajstić information content (AvgIpc) is 1.61. The number of hydrogen-bond donors (Lipinski definition) is 0. The molecule has 0 fully saturated rings. The lowest BCUT2D eigenvalue weighted by molar-refractivity contribution is 0.828. The van der Waals surface area contributed by atoms with Crippen LogP contribution in [-0.2, 0) is 0 Å². The predicted molar refractivity (Wildman–Crippen MR) is 34.0 cm³/mol. The first-order valence-electron chi connectivity index (χ1n) is 2.73. The highest BCUT2D eigenvalue weighted by Crippen LogP contribution is 1.93. The maximum absolute atomic E-state index is 3.67. The molecule has 0 saturated heterocycles. The summed E-state index contributed by atoms with van der Waals surface area (Å²) in [6.07, 6.45) is 5.16. The summed E-state index contributed by atoms with van der Waals surface area (Å²) in [7, 11) is 0. The molecule has 0 rings (SSSR count). The van der Waals surface area contributed by atoms with Crippen LogP contribution in [0.4, 0.5) is 0 Å². The third-order valence-corrected chi connectivity index (χ3v) is 0.688. The van der Waals surface area contributed by atoms with Gasteiger partial charge in [-0.2, -0.15) is 0 Å². The minimum atomic E-state index is 0.682. The van der Waals surface area contributed by atoms with Gasteiger partial charge in [-0.15, -0.1) is 0 Å². The molecule has 1 radical (unpaired) electrons. The second-order valence-corrected chi connectivity index (χ2v) is 1.96. The van der Waals surface area contributed by atoms with Gasteiger partial charge in [0.25, 0.3) is 0 Å². The van der Waals surface area contributed by atoms with Crippen molar-refractivity contribution in [3.63, 3.8) is 0 Å². The Balaban J connectivity index is 3.08. The third-order valence-electron chi connectivity index (χ3n) is 0.688. The van der Waals surface area contributed by atoms with Crippen LogP contribution in [0.3, 0.4) is 0 Å². The number of hydrogen-bond acceptors (Lipinski definition) is 0. The maximum Gasteiger partial charge on any atom is -0.0290 e. The second-order valence-electron chi connectivity index (χ2n) is 1.96. The van der Waals surface area contributed by atoms with E-state index in [-0.39, 0.29) is 0 Å². The zero-order chi connectivity index (χ0) is 5.70. The molecule has 0 heterocycles. The minimum Gasteiger partial charge on any atom is -0.0883 e. The summed E-state index contributed by atoms with van der Waals surface area (Å²) in [4.78, 5) is 0. The Bertz CT molecular complexity index is 51.1. The molecular formula is C7H13. The lowest BCUT2D eigenvalue weighted by Crippen LogP contribution is -1.74. The van der Waals surface area contributed by atoms with Gasteiger partial charge in [-0.25, -0.2) is 0 Å². The van der Waals surface area contributed by atoms with Gasteiger partial charge >= 0.3 is 0 Å². The summed E-state index contributed by atoms with van der Waals surface area (Å²) < 4.78 is 0. The van der Waals surface area contributed by atoms with E-state index in [2.05, 4.69) is 32.9 Å². The Hall–Kier alpha value is -0.260. The van der Waals surface area contributed by atoms with E-state index in [0.717, 1.165) is 6.42 Å². The highest BCUT2D eigenvalue weighted by molar-refractivity contribution is 4.84. The molecule has 0 aromatic carbocycles. The summed E-state index contributed by atoms with van der Waals surface area (Å²) >= 11 is 0. The zero-order valence-electron chi connectivity index (χ0n) is 5.15. The van der Waals surface area contributed by atoms with Crippen molar-refractivity contribution in [3.05, 3.63) is 19.1 Å². The molecule has 0 heteroatoms. The quantitative estimate of drug-likeness (QED) is 0.464. The van der Waals surface area contributed by atoms with E-state index in [9.17, 15) is 0 Å². The molecular weight excluding hydrogens is 84.1 g/mol. The Labute approximate surface area is 46.2 Å². The van der Waals surface area contributed by atoms with Crippen molar-refractivity contribution in [1.29, 1.82) is 0 Å². The second kappa shape index (κ2) is 3.91. The van der Waals surface area contributed by atoms with Gasteiger partial charge in [0.1, 0.15) is 0 Å². The van der Waals surface area contributed by atoms with E-state index in [1.807, 2.05) is 0 Å². The van der Waals surface area contributed by atoms with Crippen LogP contribution < -0.4 is 0 Å². The molecule has 7 heavy (non-hydrogen) atoms. The van der Waals surface area contributed by atoms with Gasteiger partial charge < -0.3 is 0 Å². The van der Waals surface area contributed by atoms with Crippen LogP contribution in [0.25, 0.3) is 0 Å². The monoisotopic (exact) mass is 97.1 g/mol. The Kier molecular flexibility index (Phi) is 3.77. The molecule has 0 aromatic rings. The van der Waals surface area contributed by atoms with Crippen LogP contribution >= 0.6 is 0 Å². The number of rotatable bonds is 2. The van der Waals surface area contributed by atoms with Crippen molar-refractivity contribution in [2.45, 2.75) is 20.3 Å². The normalized spacial score (nSPS) is 11.4. The molecule has 0 bridgehead atoms. The molecule has 0 N–H and O–H groups in total. The molecule has 0 nitrogen and oxygen atoms in total. The van der Waals surface area contributed by atoms with Gasteiger partial charge in [0, 0.05) is 0 Å². The van der Waals surface area contributed by atoms with E-state index in [4.69, 9.17) is 0 Å². The maximum atomic E-state index is 3.67. The third kappa shape index (κ3) is 5.74. The molecule has 0 aliphatic carbocycles. The average molecular weight is 97.2 g/mol. The molecule has 0 spiro atoms. The van der Waals surface area contributed by atoms with Gasteiger partial charge in [-0.3, -0.25) is 0 Å². The van der Waals surface area contributed by atoms with Crippen molar-refractivity contribution in [2.24, 2.45) is 5.92 Å².